The summed E-state index contributed by atoms with van der Waals surface area (Å²) in [6.07, 6.45) is 5.60. The van der Waals surface area contributed by atoms with Gasteiger partial charge in [-0.1, -0.05) is 42.5 Å². The van der Waals surface area contributed by atoms with E-state index in [9.17, 15) is 18.8 Å². The minimum atomic E-state index is -0.314. The SMILES string of the molecule is O=C(c1ccco1)N1CCN(C(=O)C2CCC3S/C(=C\c4ccccc4)C(=O)N(Cc4ccc(F)cc4)C3C2)CC1. The van der Waals surface area contributed by atoms with Gasteiger partial charge in [0.2, 0.25) is 5.91 Å². The molecule has 2 aromatic carbocycles. The number of piperazine rings is 1. The monoisotopic (exact) mass is 573 g/mol. The zero-order chi connectivity index (χ0) is 28.3. The van der Waals surface area contributed by atoms with Gasteiger partial charge in [0.25, 0.3) is 11.8 Å². The first-order valence-electron chi connectivity index (χ1n) is 14.1. The van der Waals surface area contributed by atoms with Crippen LogP contribution < -0.4 is 0 Å². The maximum atomic E-state index is 13.9. The van der Waals surface area contributed by atoms with Crippen LogP contribution in [0.2, 0.25) is 0 Å². The van der Waals surface area contributed by atoms with E-state index < -0.39 is 0 Å². The van der Waals surface area contributed by atoms with Crippen molar-refractivity contribution in [3.8, 4) is 0 Å². The first kappa shape index (κ1) is 27.3. The largest absolute Gasteiger partial charge is 0.459 e. The summed E-state index contributed by atoms with van der Waals surface area (Å²) < 4.78 is 18.9. The Morgan fingerprint density at radius 1 is 0.927 bits per heavy atom. The molecule has 3 amide bonds. The average molecular weight is 574 g/mol. The summed E-state index contributed by atoms with van der Waals surface area (Å²) in [4.78, 5) is 46.3. The van der Waals surface area contributed by atoms with Gasteiger partial charge in [0.05, 0.1) is 11.2 Å². The molecule has 3 heterocycles. The molecule has 3 atom stereocenters. The van der Waals surface area contributed by atoms with Crippen molar-refractivity contribution in [3.05, 3.63) is 101 Å². The predicted octanol–water partition coefficient (Wildman–Crippen LogP) is 5.06. The quantitative estimate of drug-likeness (QED) is 0.399. The fraction of sp³-hybridized carbons (Fsp3) is 0.344. The Labute approximate surface area is 243 Å². The highest BCUT2D eigenvalue weighted by molar-refractivity contribution is 8.04. The van der Waals surface area contributed by atoms with E-state index in [2.05, 4.69) is 0 Å². The Kier molecular flexibility index (Phi) is 7.96. The first-order chi connectivity index (χ1) is 20.0. The van der Waals surface area contributed by atoms with Crippen LogP contribution in [0.15, 0.2) is 82.3 Å². The minimum absolute atomic E-state index is 0.0532. The lowest BCUT2D eigenvalue weighted by molar-refractivity contribution is -0.141. The molecule has 1 saturated carbocycles. The summed E-state index contributed by atoms with van der Waals surface area (Å²) in [5.41, 5.74) is 1.83. The Morgan fingerprint density at radius 3 is 2.37 bits per heavy atom. The molecule has 1 aromatic heterocycles. The standard InChI is InChI=1S/C32H32FN3O4S/c33-25-11-8-23(9-12-25)21-36-26-20-24(10-13-28(26)41-29(32(36)39)19-22-5-2-1-3-6-22)30(37)34-14-16-35(17-15-34)31(38)27-7-4-18-40-27/h1-9,11-12,18-19,24,26,28H,10,13-17,20-21H2/b29-19-. The Morgan fingerprint density at radius 2 is 1.66 bits per heavy atom. The topological polar surface area (TPSA) is 74.1 Å². The van der Waals surface area contributed by atoms with Crippen LogP contribution in [0.3, 0.4) is 0 Å². The van der Waals surface area contributed by atoms with E-state index in [0.717, 1.165) is 24.0 Å². The molecule has 2 aliphatic heterocycles. The second kappa shape index (κ2) is 11.9. The molecule has 0 spiro atoms. The van der Waals surface area contributed by atoms with Crippen molar-refractivity contribution in [1.29, 1.82) is 0 Å². The normalized spacial score (nSPS) is 23.9. The summed E-state index contributed by atoms with van der Waals surface area (Å²) in [5, 5.41) is 0.176. The summed E-state index contributed by atoms with van der Waals surface area (Å²) in [6, 6.07) is 19.3. The second-order valence-electron chi connectivity index (χ2n) is 10.8. The molecule has 2 saturated heterocycles. The van der Waals surface area contributed by atoms with E-state index in [4.69, 9.17) is 4.42 Å². The molecular formula is C32H32FN3O4S. The molecule has 6 rings (SSSR count). The number of hydrogen-bond acceptors (Lipinski definition) is 5. The third-order valence-electron chi connectivity index (χ3n) is 8.23. The van der Waals surface area contributed by atoms with E-state index in [1.165, 1.54) is 18.4 Å². The van der Waals surface area contributed by atoms with Crippen molar-refractivity contribution in [1.82, 2.24) is 14.7 Å². The molecule has 3 aliphatic rings. The number of furan rings is 1. The lowest BCUT2D eigenvalue weighted by Crippen LogP contribution is -2.56. The average Bonchev–Trinajstić information content (AvgIpc) is 3.55. The van der Waals surface area contributed by atoms with Crippen molar-refractivity contribution in [2.75, 3.05) is 26.2 Å². The Bertz CT molecular complexity index is 1420. The number of fused-ring (bicyclic) bond motifs is 1. The van der Waals surface area contributed by atoms with Gasteiger partial charge in [-0.3, -0.25) is 14.4 Å². The molecule has 1 aliphatic carbocycles. The molecule has 3 unspecified atom stereocenters. The summed E-state index contributed by atoms with van der Waals surface area (Å²) in [6.45, 7) is 2.24. The number of thioether (sulfide) groups is 1. The molecule has 212 valence electrons. The number of carbonyl (C=O) groups excluding carboxylic acids is 3. The minimum Gasteiger partial charge on any atom is -0.459 e. The van der Waals surface area contributed by atoms with E-state index >= 15 is 0 Å². The molecule has 0 bridgehead atoms. The van der Waals surface area contributed by atoms with Crippen molar-refractivity contribution in [3.63, 3.8) is 0 Å². The van der Waals surface area contributed by atoms with E-state index in [1.54, 1.807) is 40.9 Å². The van der Waals surface area contributed by atoms with Crippen LogP contribution in [0.5, 0.6) is 0 Å². The fourth-order valence-electron chi connectivity index (χ4n) is 6.03. The number of rotatable bonds is 5. The molecular weight excluding hydrogens is 541 g/mol. The van der Waals surface area contributed by atoms with E-state index in [1.807, 2.05) is 46.2 Å². The molecule has 0 N–H and O–H groups in total. The zero-order valence-corrected chi connectivity index (χ0v) is 23.5. The first-order valence-corrected chi connectivity index (χ1v) is 14.9. The Balaban J connectivity index is 1.17. The highest BCUT2D eigenvalue weighted by Gasteiger charge is 2.45. The van der Waals surface area contributed by atoms with Gasteiger partial charge in [-0.25, -0.2) is 4.39 Å². The van der Waals surface area contributed by atoms with Crippen molar-refractivity contribution in [2.24, 2.45) is 5.92 Å². The van der Waals surface area contributed by atoms with Gasteiger partial charge < -0.3 is 19.1 Å². The molecule has 3 aromatic rings. The maximum absolute atomic E-state index is 13.9. The van der Waals surface area contributed by atoms with Crippen LogP contribution >= 0.6 is 11.8 Å². The predicted molar refractivity (Wildman–Crippen MR) is 155 cm³/mol. The lowest BCUT2D eigenvalue weighted by Gasteiger charge is -2.47. The van der Waals surface area contributed by atoms with Crippen LogP contribution in [-0.4, -0.2) is 69.9 Å². The van der Waals surface area contributed by atoms with Crippen LogP contribution in [0.1, 0.15) is 40.9 Å². The smallest absolute Gasteiger partial charge is 0.289 e. The van der Waals surface area contributed by atoms with Crippen LogP contribution in [0.4, 0.5) is 4.39 Å². The van der Waals surface area contributed by atoms with Crippen LogP contribution in [0, 0.1) is 11.7 Å². The van der Waals surface area contributed by atoms with Crippen molar-refractivity contribution >= 4 is 35.6 Å². The van der Waals surface area contributed by atoms with Gasteiger partial charge in [0.1, 0.15) is 5.82 Å². The number of hydrogen-bond donors (Lipinski definition) is 0. The number of halogens is 1. The van der Waals surface area contributed by atoms with Gasteiger partial charge in [-0.15, -0.1) is 11.8 Å². The molecule has 41 heavy (non-hydrogen) atoms. The lowest BCUT2D eigenvalue weighted by atomic mass is 9.83. The number of amides is 3. The van der Waals surface area contributed by atoms with Crippen molar-refractivity contribution < 1.29 is 23.2 Å². The Hall–Kier alpha value is -3.85. The number of carbonyl (C=O) groups is 3. The maximum Gasteiger partial charge on any atom is 0.289 e. The van der Waals surface area contributed by atoms with Crippen molar-refractivity contribution in [2.45, 2.75) is 37.1 Å². The van der Waals surface area contributed by atoms with Crippen LogP contribution in [-0.2, 0) is 16.1 Å². The number of nitrogens with zero attached hydrogens (tertiary/aromatic N) is 3. The summed E-state index contributed by atoms with van der Waals surface area (Å²) in [7, 11) is 0. The van der Waals surface area contributed by atoms with E-state index in [-0.39, 0.29) is 40.7 Å². The molecule has 9 heteroatoms. The van der Waals surface area contributed by atoms with Gasteiger partial charge in [0.15, 0.2) is 5.76 Å². The molecule has 3 fully saturated rings. The third kappa shape index (κ3) is 5.95. The third-order valence-corrected chi connectivity index (χ3v) is 9.63. The van der Waals surface area contributed by atoms with Gasteiger partial charge in [-0.05, 0) is 60.7 Å². The zero-order valence-electron chi connectivity index (χ0n) is 22.7. The van der Waals surface area contributed by atoms with Crippen LogP contribution in [0.25, 0.3) is 6.08 Å². The van der Waals surface area contributed by atoms with Gasteiger partial charge >= 0.3 is 0 Å². The number of benzene rings is 2. The summed E-state index contributed by atoms with van der Waals surface area (Å²) >= 11 is 1.62. The summed E-state index contributed by atoms with van der Waals surface area (Å²) in [5.74, 6) is -0.306. The molecule has 7 nitrogen and oxygen atoms in total. The highest BCUT2D eigenvalue weighted by atomic mass is 32.2. The van der Waals surface area contributed by atoms with Gasteiger partial charge in [-0.2, -0.15) is 0 Å². The fourth-order valence-corrected chi connectivity index (χ4v) is 7.45. The molecule has 0 radical (unpaired) electrons. The van der Waals surface area contributed by atoms with E-state index in [0.29, 0.717) is 49.8 Å². The van der Waals surface area contributed by atoms with Gasteiger partial charge in [0, 0.05) is 49.9 Å². The highest BCUT2D eigenvalue weighted by Crippen LogP contribution is 2.44. The second-order valence-corrected chi connectivity index (χ2v) is 12.1.